The third kappa shape index (κ3) is 3.28. The molecule has 3 heteroatoms. The van der Waals surface area contributed by atoms with E-state index in [0.717, 1.165) is 30.8 Å². The minimum Gasteiger partial charge on any atom is -0.371 e. The summed E-state index contributed by atoms with van der Waals surface area (Å²) in [5.41, 5.74) is 3.48. The summed E-state index contributed by atoms with van der Waals surface area (Å²) in [4.78, 5) is 7.16. The van der Waals surface area contributed by atoms with Crippen molar-refractivity contribution in [1.82, 2.24) is 10.3 Å². The van der Waals surface area contributed by atoms with Crippen LogP contribution in [-0.2, 0) is 6.54 Å². The number of benzene rings is 1. The molecular formula is C17H25N3. The average molecular weight is 271 g/mol. The summed E-state index contributed by atoms with van der Waals surface area (Å²) in [5, 5.41) is 4.69. The molecule has 108 valence electrons. The Morgan fingerprint density at radius 1 is 1.15 bits per heavy atom. The van der Waals surface area contributed by atoms with Crippen LogP contribution in [0.3, 0.4) is 0 Å². The Labute approximate surface area is 122 Å². The van der Waals surface area contributed by atoms with Crippen LogP contribution >= 0.6 is 0 Å². The van der Waals surface area contributed by atoms with Gasteiger partial charge in [0, 0.05) is 36.7 Å². The second kappa shape index (κ2) is 6.71. The van der Waals surface area contributed by atoms with Crippen molar-refractivity contribution in [2.24, 2.45) is 0 Å². The van der Waals surface area contributed by atoms with Crippen LogP contribution in [0.15, 0.2) is 30.3 Å². The molecular weight excluding hydrogens is 246 g/mol. The van der Waals surface area contributed by atoms with E-state index in [-0.39, 0.29) is 0 Å². The second-order valence-corrected chi connectivity index (χ2v) is 5.36. The van der Waals surface area contributed by atoms with E-state index in [9.17, 15) is 0 Å². The second-order valence-electron chi connectivity index (χ2n) is 5.36. The van der Waals surface area contributed by atoms with E-state index in [1.807, 2.05) is 0 Å². The van der Waals surface area contributed by atoms with Gasteiger partial charge >= 0.3 is 0 Å². The number of nitrogens with one attached hydrogen (secondary N) is 1. The molecule has 0 fully saturated rings. The van der Waals surface area contributed by atoms with Gasteiger partial charge in [0.05, 0.1) is 11.2 Å². The number of anilines is 1. The Kier molecular flexibility index (Phi) is 4.96. The molecule has 0 aliphatic rings. The summed E-state index contributed by atoms with van der Waals surface area (Å²) < 4.78 is 0. The predicted molar refractivity (Wildman–Crippen MR) is 87.3 cm³/mol. The van der Waals surface area contributed by atoms with E-state index in [2.05, 4.69) is 68.2 Å². The van der Waals surface area contributed by atoms with E-state index in [1.165, 1.54) is 11.1 Å². The highest BCUT2D eigenvalue weighted by Crippen LogP contribution is 2.26. The first-order valence-electron chi connectivity index (χ1n) is 7.52. The lowest BCUT2D eigenvalue weighted by Crippen LogP contribution is -2.24. The summed E-state index contributed by atoms with van der Waals surface area (Å²) in [6.45, 7) is 11.6. The lowest BCUT2D eigenvalue weighted by molar-refractivity contribution is 0.582. The van der Waals surface area contributed by atoms with Crippen LogP contribution in [0, 0.1) is 0 Å². The molecule has 3 nitrogen and oxygen atoms in total. The summed E-state index contributed by atoms with van der Waals surface area (Å²) in [7, 11) is 0. The number of pyridine rings is 1. The number of rotatable bonds is 6. The first-order chi connectivity index (χ1) is 9.65. The Balaban J connectivity index is 2.46. The first-order valence-corrected chi connectivity index (χ1v) is 7.52. The van der Waals surface area contributed by atoms with Crippen molar-refractivity contribution in [1.29, 1.82) is 0 Å². The van der Waals surface area contributed by atoms with Crippen LogP contribution in [0.2, 0.25) is 0 Å². The lowest BCUT2D eigenvalue weighted by Gasteiger charge is -2.23. The fourth-order valence-electron chi connectivity index (χ4n) is 2.44. The number of para-hydroxylation sites is 1. The standard InChI is InChI=1S/C17H25N3/c1-5-20(6-2)17-11-14(12-18-13(3)4)19-16-10-8-7-9-15(16)17/h7-11,13,18H,5-6,12H2,1-4H3. The molecule has 0 aliphatic heterocycles. The van der Waals surface area contributed by atoms with Crippen LogP contribution in [0.4, 0.5) is 5.69 Å². The highest BCUT2D eigenvalue weighted by Gasteiger charge is 2.10. The van der Waals surface area contributed by atoms with Gasteiger partial charge in [0.15, 0.2) is 0 Å². The van der Waals surface area contributed by atoms with Gasteiger partial charge in [-0.15, -0.1) is 0 Å². The summed E-state index contributed by atoms with van der Waals surface area (Å²) in [5.74, 6) is 0. The molecule has 2 aromatic rings. The Morgan fingerprint density at radius 3 is 2.50 bits per heavy atom. The Bertz CT molecular complexity index is 559. The monoisotopic (exact) mass is 271 g/mol. The quantitative estimate of drug-likeness (QED) is 0.870. The molecule has 20 heavy (non-hydrogen) atoms. The Hall–Kier alpha value is -1.61. The Morgan fingerprint density at radius 2 is 1.85 bits per heavy atom. The zero-order chi connectivity index (χ0) is 14.5. The van der Waals surface area contributed by atoms with Gasteiger partial charge < -0.3 is 10.2 Å². The molecule has 0 atom stereocenters. The molecule has 0 spiro atoms. The van der Waals surface area contributed by atoms with Crippen molar-refractivity contribution in [3.63, 3.8) is 0 Å². The molecule has 0 aliphatic carbocycles. The van der Waals surface area contributed by atoms with Crippen LogP contribution < -0.4 is 10.2 Å². The van der Waals surface area contributed by atoms with Gasteiger partial charge in [-0.05, 0) is 26.0 Å². The maximum absolute atomic E-state index is 4.77. The van der Waals surface area contributed by atoms with E-state index in [1.54, 1.807) is 0 Å². The summed E-state index contributed by atoms with van der Waals surface area (Å²) in [6.07, 6.45) is 0. The fraction of sp³-hybridized carbons (Fsp3) is 0.471. The third-order valence-corrected chi connectivity index (χ3v) is 3.54. The highest BCUT2D eigenvalue weighted by molar-refractivity contribution is 5.91. The fourth-order valence-corrected chi connectivity index (χ4v) is 2.44. The molecule has 0 bridgehead atoms. The van der Waals surface area contributed by atoms with Crippen molar-refractivity contribution >= 4 is 16.6 Å². The van der Waals surface area contributed by atoms with E-state index >= 15 is 0 Å². The first kappa shape index (κ1) is 14.8. The smallest absolute Gasteiger partial charge is 0.0726 e. The van der Waals surface area contributed by atoms with Gasteiger partial charge in [0.25, 0.3) is 0 Å². The van der Waals surface area contributed by atoms with E-state index < -0.39 is 0 Å². The molecule has 0 amide bonds. The van der Waals surface area contributed by atoms with Gasteiger partial charge in [0.2, 0.25) is 0 Å². The van der Waals surface area contributed by atoms with Crippen molar-refractivity contribution < 1.29 is 0 Å². The molecule has 1 aromatic carbocycles. The van der Waals surface area contributed by atoms with Crippen molar-refractivity contribution in [3.05, 3.63) is 36.0 Å². The highest BCUT2D eigenvalue weighted by atomic mass is 15.1. The van der Waals surface area contributed by atoms with Gasteiger partial charge in [-0.3, -0.25) is 4.98 Å². The van der Waals surface area contributed by atoms with Crippen molar-refractivity contribution in [2.75, 3.05) is 18.0 Å². The van der Waals surface area contributed by atoms with Crippen LogP contribution in [-0.4, -0.2) is 24.1 Å². The number of nitrogens with zero attached hydrogens (tertiary/aromatic N) is 2. The number of aromatic nitrogens is 1. The molecule has 2 rings (SSSR count). The third-order valence-electron chi connectivity index (χ3n) is 3.54. The molecule has 1 N–H and O–H groups in total. The average Bonchev–Trinajstić information content (AvgIpc) is 2.46. The van der Waals surface area contributed by atoms with Crippen LogP contribution in [0.25, 0.3) is 10.9 Å². The van der Waals surface area contributed by atoms with E-state index in [0.29, 0.717) is 6.04 Å². The normalized spacial score (nSPS) is 11.2. The summed E-state index contributed by atoms with van der Waals surface area (Å²) in [6, 6.07) is 11.1. The maximum Gasteiger partial charge on any atom is 0.0726 e. The van der Waals surface area contributed by atoms with Gasteiger partial charge in [-0.2, -0.15) is 0 Å². The van der Waals surface area contributed by atoms with Gasteiger partial charge in [-0.1, -0.05) is 32.0 Å². The topological polar surface area (TPSA) is 28.2 Å². The zero-order valence-electron chi connectivity index (χ0n) is 13.0. The minimum atomic E-state index is 0.472. The van der Waals surface area contributed by atoms with Crippen LogP contribution in [0.5, 0.6) is 0 Å². The summed E-state index contributed by atoms with van der Waals surface area (Å²) >= 11 is 0. The predicted octanol–water partition coefficient (Wildman–Crippen LogP) is 3.58. The minimum absolute atomic E-state index is 0.472. The maximum atomic E-state index is 4.77. The lowest BCUT2D eigenvalue weighted by atomic mass is 10.1. The number of hydrogen-bond acceptors (Lipinski definition) is 3. The number of fused-ring (bicyclic) bond motifs is 1. The SMILES string of the molecule is CCN(CC)c1cc(CNC(C)C)nc2ccccc12. The van der Waals surface area contributed by atoms with Gasteiger partial charge in [-0.25, -0.2) is 0 Å². The van der Waals surface area contributed by atoms with Crippen LogP contribution in [0.1, 0.15) is 33.4 Å². The number of hydrogen-bond donors (Lipinski definition) is 1. The van der Waals surface area contributed by atoms with E-state index in [4.69, 9.17) is 4.98 Å². The van der Waals surface area contributed by atoms with Crippen molar-refractivity contribution in [2.45, 2.75) is 40.3 Å². The largest absolute Gasteiger partial charge is 0.371 e. The zero-order valence-corrected chi connectivity index (χ0v) is 13.0. The molecule has 1 aromatic heterocycles. The van der Waals surface area contributed by atoms with Gasteiger partial charge in [0.1, 0.15) is 0 Å². The molecule has 1 heterocycles. The van der Waals surface area contributed by atoms with Crippen molar-refractivity contribution in [3.8, 4) is 0 Å². The molecule has 0 saturated carbocycles. The molecule has 0 radical (unpaired) electrons. The molecule has 0 saturated heterocycles. The molecule has 0 unspecified atom stereocenters.